The Hall–Kier alpha value is -2.99. The van der Waals surface area contributed by atoms with E-state index in [0.717, 1.165) is 17.7 Å². The molecule has 3 aromatic carbocycles. The fourth-order valence-electron chi connectivity index (χ4n) is 2.25. The van der Waals surface area contributed by atoms with Crippen LogP contribution in [0.3, 0.4) is 0 Å². The van der Waals surface area contributed by atoms with Gasteiger partial charge in [0.25, 0.3) is 0 Å². The van der Waals surface area contributed by atoms with Crippen molar-refractivity contribution in [1.82, 2.24) is 0 Å². The highest BCUT2D eigenvalue weighted by Crippen LogP contribution is 2.32. The molecule has 3 rings (SSSR count). The second-order valence-corrected chi connectivity index (χ2v) is 5.50. The first-order chi connectivity index (χ1) is 12.4. The van der Waals surface area contributed by atoms with E-state index in [2.05, 4.69) is 0 Å². The van der Waals surface area contributed by atoms with E-state index in [1.165, 1.54) is 12.1 Å². The SMILES string of the molecule is OCc1ccc(Oc2cccc(Oc3ccc(C(F)(F)F)cc3)c2)cc1. The van der Waals surface area contributed by atoms with Gasteiger partial charge in [-0.1, -0.05) is 18.2 Å². The van der Waals surface area contributed by atoms with Gasteiger partial charge < -0.3 is 14.6 Å². The van der Waals surface area contributed by atoms with Crippen LogP contribution in [0.4, 0.5) is 13.2 Å². The van der Waals surface area contributed by atoms with Crippen LogP contribution < -0.4 is 9.47 Å². The predicted molar refractivity (Wildman–Crippen MR) is 90.4 cm³/mol. The van der Waals surface area contributed by atoms with Crippen molar-refractivity contribution in [2.24, 2.45) is 0 Å². The van der Waals surface area contributed by atoms with Gasteiger partial charge in [0.1, 0.15) is 23.0 Å². The summed E-state index contributed by atoms with van der Waals surface area (Å²) in [5.74, 6) is 1.84. The molecule has 0 radical (unpaired) electrons. The Morgan fingerprint density at radius 2 is 1.19 bits per heavy atom. The zero-order chi connectivity index (χ0) is 18.6. The Kier molecular flexibility index (Phi) is 5.14. The zero-order valence-electron chi connectivity index (χ0n) is 13.5. The minimum absolute atomic E-state index is 0.0449. The van der Waals surface area contributed by atoms with Gasteiger partial charge in [-0.25, -0.2) is 0 Å². The number of halogens is 3. The third-order valence-electron chi connectivity index (χ3n) is 3.56. The summed E-state index contributed by atoms with van der Waals surface area (Å²) in [4.78, 5) is 0. The number of benzene rings is 3. The van der Waals surface area contributed by atoms with E-state index in [4.69, 9.17) is 14.6 Å². The maximum atomic E-state index is 12.6. The Morgan fingerprint density at radius 1 is 0.692 bits per heavy atom. The van der Waals surface area contributed by atoms with Crippen molar-refractivity contribution >= 4 is 0 Å². The van der Waals surface area contributed by atoms with Crippen LogP contribution in [-0.4, -0.2) is 5.11 Å². The first-order valence-corrected chi connectivity index (χ1v) is 7.77. The van der Waals surface area contributed by atoms with Crippen LogP contribution in [0.25, 0.3) is 0 Å². The van der Waals surface area contributed by atoms with E-state index < -0.39 is 11.7 Å². The van der Waals surface area contributed by atoms with Gasteiger partial charge in [0.15, 0.2) is 0 Å². The third-order valence-corrected chi connectivity index (χ3v) is 3.56. The highest BCUT2D eigenvalue weighted by molar-refractivity contribution is 5.40. The number of hydrogen-bond donors (Lipinski definition) is 1. The monoisotopic (exact) mass is 360 g/mol. The molecule has 0 aliphatic rings. The maximum Gasteiger partial charge on any atom is 0.416 e. The van der Waals surface area contributed by atoms with Crippen LogP contribution in [0, 0.1) is 0 Å². The van der Waals surface area contributed by atoms with E-state index in [9.17, 15) is 13.2 Å². The Morgan fingerprint density at radius 3 is 1.65 bits per heavy atom. The number of hydrogen-bond acceptors (Lipinski definition) is 3. The lowest BCUT2D eigenvalue weighted by molar-refractivity contribution is -0.137. The third kappa shape index (κ3) is 4.55. The number of rotatable bonds is 5. The first kappa shape index (κ1) is 17.8. The van der Waals surface area contributed by atoms with Crippen molar-refractivity contribution in [2.75, 3.05) is 0 Å². The van der Waals surface area contributed by atoms with Gasteiger partial charge in [0.05, 0.1) is 12.2 Å². The van der Waals surface area contributed by atoms with Gasteiger partial charge in [0, 0.05) is 6.07 Å². The van der Waals surface area contributed by atoms with Crippen LogP contribution >= 0.6 is 0 Å². The highest BCUT2D eigenvalue weighted by Gasteiger charge is 2.30. The van der Waals surface area contributed by atoms with Crippen LogP contribution in [-0.2, 0) is 12.8 Å². The summed E-state index contributed by atoms with van der Waals surface area (Å²) in [7, 11) is 0. The molecule has 0 atom stereocenters. The molecule has 0 unspecified atom stereocenters. The molecule has 26 heavy (non-hydrogen) atoms. The molecule has 6 heteroatoms. The molecule has 3 aromatic rings. The molecule has 1 N–H and O–H groups in total. The van der Waals surface area contributed by atoms with E-state index in [-0.39, 0.29) is 6.61 Å². The predicted octanol–water partition coefficient (Wildman–Crippen LogP) is 5.78. The normalized spacial score (nSPS) is 11.2. The van der Waals surface area contributed by atoms with Crippen LogP contribution in [0.2, 0.25) is 0 Å². The van der Waals surface area contributed by atoms with Gasteiger partial charge in [-0.3, -0.25) is 0 Å². The van der Waals surface area contributed by atoms with Crippen molar-refractivity contribution in [1.29, 1.82) is 0 Å². The summed E-state index contributed by atoms with van der Waals surface area (Å²) in [6.45, 7) is -0.0449. The molecule has 0 aromatic heterocycles. The second kappa shape index (κ2) is 7.49. The summed E-state index contributed by atoms with van der Waals surface area (Å²) >= 11 is 0. The summed E-state index contributed by atoms with van der Waals surface area (Å²) in [5.41, 5.74) is 0.0463. The molecular weight excluding hydrogens is 345 g/mol. The lowest BCUT2D eigenvalue weighted by Gasteiger charge is -2.11. The molecule has 0 bridgehead atoms. The van der Waals surface area contributed by atoms with Gasteiger partial charge >= 0.3 is 6.18 Å². The topological polar surface area (TPSA) is 38.7 Å². The van der Waals surface area contributed by atoms with Crippen LogP contribution in [0.1, 0.15) is 11.1 Å². The van der Waals surface area contributed by atoms with Gasteiger partial charge in [-0.05, 0) is 54.1 Å². The molecular formula is C20H15F3O3. The van der Waals surface area contributed by atoms with Crippen molar-refractivity contribution in [3.8, 4) is 23.0 Å². The highest BCUT2D eigenvalue weighted by atomic mass is 19.4. The summed E-state index contributed by atoms with van der Waals surface area (Å²) in [6, 6.07) is 18.2. The quantitative estimate of drug-likeness (QED) is 0.627. The average molecular weight is 360 g/mol. The second-order valence-electron chi connectivity index (χ2n) is 5.50. The Balaban J connectivity index is 1.70. The fraction of sp³-hybridized carbons (Fsp3) is 0.100. The van der Waals surface area contributed by atoms with Crippen LogP contribution in [0.15, 0.2) is 72.8 Å². The number of ether oxygens (including phenoxy) is 2. The van der Waals surface area contributed by atoms with E-state index in [1.807, 2.05) is 0 Å². The van der Waals surface area contributed by atoms with Gasteiger partial charge in [0.2, 0.25) is 0 Å². The van der Waals surface area contributed by atoms with E-state index >= 15 is 0 Å². The average Bonchev–Trinajstić information content (AvgIpc) is 2.62. The maximum absolute atomic E-state index is 12.6. The fourth-order valence-corrected chi connectivity index (χ4v) is 2.25. The number of alkyl halides is 3. The van der Waals surface area contributed by atoms with E-state index in [0.29, 0.717) is 23.0 Å². The first-order valence-electron chi connectivity index (χ1n) is 7.77. The van der Waals surface area contributed by atoms with Crippen molar-refractivity contribution in [2.45, 2.75) is 12.8 Å². The smallest absolute Gasteiger partial charge is 0.416 e. The molecule has 0 heterocycles. The lowest BCUT2D eigenvalue weighted by atomic mass is 10.2. The van der Waals surface area contributed by atoms with E-state index in [1.54, 1.807) is 48.5 Å². The summed E-state index contributed by atoms with van der Waals surface area (Å²) in [6.07, 6.45) is -4.38. The molecule has 3 nitrogen and oxygen atoms in total. The Labute approximate surface area is 148 Å². The molecule has 0 spiro atoms. The minimum atomic E-state index is -4.38. The molecule has 0 amide bonds. The largest absolute Gasteiger partial charge is 0.457 e. The molecule has 0 aliphatic heterocycles. The summed E-state index contributed by atoms with van der Waals surface area (Å²) < 4.78 is 49.0. The van der Waals surface area contributed by atoms with Crippen LogP contribution in [0.5, 0.6) is 23.0 Å². The van der Waals surface area contributed by atoms with Crippen molar-refractivity contribution in [3.05, 3.63) is 83.9 Å². The minimum Gasteiger partial charge on any atom is -0.457 e. The number of aliphatic hydroxyl groups excluding tert-OH is 1. The van der Waals surface area contributed by atoms with Gasteiger partial charge in [-0.2, -0.15) is 13.2 Å². The molecule has 0 aliphatic carbocycles. The molecule has 0 saturated heterocycles. The molecule has 134 valence electrons. The Bertz CT molecular complexity index is 857. The van der Waals surface area contributed by atoms with Gasteiger partial charge in [-0.15, -0.1) is 0 Å². The molecule has 0 fully saturated rings. The molecule has 0 saturated carbocycles. The standard InChI is InChI=1S/C20H15F3O3/c21-20(22,23)15-6-10-17(11-7-15)26-19-3-1-2-18(12-19)25-16-8-4-14(13-24)5-9-16/h1-12,24H,13H2. The zero-order valence-corrected chi connectivity index (χ0v) is 13.5. The number of aliphatic hydroxyl groups is 1. The lowest BCUT2D eigenvalue weighted by Crippen LogP contribution is -2.03. The van der Waals surface area contributed by atoms with Crippen molar-refractivity contribution in [3.63, 3.8) is 0 Å². The van der Waals surface area contributed by atoms with Crippen molar-refractivity contribution < 1.29 is 27.8 Å². The summed E-state index contributed by atoms with van der Waals surface area (Å²) in [5, 5.41) is 9.04.